The number of nitrogens with one attached hydrogen (secondary N) is 1. The van der Waals surface area contributed by atoms with Crippen molar-refractivity contribution in [3.8, 4) is 0 Å². The van der Waals surface area contributed by atoms with Gasteiger partial charge in [-0.1, -0.05) is 73.7 Å². The van der Waals surface area contributed by atoms with Gasteiger partial charge in [0, 0.05) is 11.3 Å². The van der Waals surface area contributed by atoms with Gasteiger partial charge in [-0.15, -0.1) is 0 Å². The molecule has 0 aliphatic carbocycles. The van der Waals surface area contributed by atoms with Crippen molar-refractivity contribution in [3.05, 3.63) is 96.1 Å². The second kappa shape index (κ2) is 5.97. The van der Waals surface area contributed by atoms with Crippen molar-refractivity contribution in [3.63, 3.8) is 0 Å². The number of benzene rings is 3. The van der Waals surface area contributed by atoms with Crippen molar-refractivity contribution in [2.75, 3.05) is 5.32 Å². The van der Waals surface area contributed by atoms with Crippen LogP contribution in [-0.2, 0) is 5.54 Å². The van der Waals surface area contributed by atoms with Crippen LogP contribution in [0.4, 0.5) is 11.4 Å². The summed E-state index contributed by atoms with van der Waals surface area (Å²) in [6.45, 7) is 2.21. The molecule has 0 aromatic heterocycles. The Morgan fingerprint density at radius 1 is 0.792 bits per heavy atom. The third-order valence-electron chi connectivity index (χ3n) is 4.73. The van der Waals surface area contributed by atoms with Crippen molar-refractivity contribution >= 4 is 17.1 Å². The summed E-state index contributed by atoms with van der Waals surface area (Å²) < 4.78 is 0. The average Bonchev–Trinajstić information content (AvgIpc) is 2.98. The molecule has 1 aliphatic rings. The zero-order chi connectivity index (χ0) is 16.4. The Kier molecular flexibility index (Phi) is 3.66. The summed E-state index contributed by atoms with van der Waals surface area (Å²) in [5.41, 5.74) is 5.38. The van der Waals surface area contributed by atoms with Crippen LogP contribution in [0.2, 0.25) is 0 Å². The number of aliphatic imine (C=N–C) groups is 1. The Labute approximate surface area is 142 Å². The molecule has 0 saturated carbocycles. The van der Waals surface area contributed by atoms with E-state index in [4.69, 9.17) is 4.99 Å². The van der Waals surface area contributed by atoms with Crippen LogP contribution >= 0.6 is 0 Å². The van der Waals surface area contributed by atoms with Gasteiger partial charge < -0.3 is 5.32 Å². The van der Waals surface area contributed by atoms with E-state index in [0.717, 1.165) is 23.5 Å². The Morgan fingerprint density at radius 2 is 1.42 bits per heavy atom. The van der Waals surface area contributed by atoms with E-state index < -0.39 is 0 Å². The first kappa shape index (κ1) is 14.7. The molecule has 3 aromatic carbocycles. The first-order valence-corrected chi connectivity index (χ1v) is 8.41. The highest BCUT2D eigenvalue weighted by molar-refractivity contribution is 6.17. The molecule has 2 heteroatoms. The van der Waals surface area contributed by atoms with Crippen LogP contribution in [-0.4, -0.2) is 5.71 Å². The second-order valence-corrected chi connectivity index (χ2v) is 6.09. The maximum atomic E-state index is 5.05. The highest BCUT2D eigenvalue weighted by Gasteiger charge is 2.43. The Bertz CT molecular complexity index is 869. The maximum absolute atomic E-state index is 5.05. The van der Waals surface area contributed by atoms with Crippen molar-refractivity contribution < 1.29 is 0 Å². The van der Waals surface area contributed by atoms with E-state index in [0.29, 0.717) is 0 Å². The molecule has 0 saturated heterocycles. The molecule has 3 aromatic rings. The van der Waals surface area contributed by atoms with Crippen LogP contribution in [0.1, 0.15) is 24.5 Å². The molecule has 0 radical (unpaired) electrons. The Balaban J connectivity index is 1.95. The number of hydrogen-bond acceptors (Lipinski definition) is 2. The zero-order valence-corrected chi connectivity index (χ0v) is 13.7. The molecular weight excluding hydrogens is 292 g/mol. The molecule has 0 fully saturated rings. The molecule has 1 heterocycles. The smallest absolute Gasteiger partial charge is 0.106 e. The third kappa shape index (κ3) is 2.31. The normalized spacial score (nSPS) is 20.6. The van der Waals surface area contributed by atoms with E-state index in [9.17, 15) is 0 Å². The lowest BCUT2D eigenvalue weighted by atomic mass is 9.82. The van der Waals surface area contributed by atoms with E-state index in [-0.39, 0.29) is 5.54 Å². The Hall–Kier alpha value is -2.87. The van der Waals surface area contributed by atoms with Crippen LogP contribution in [0.3, 0.4) is 0 Å². The molecule has 2 nitrogen and oxygen atoms in total. The van der Waals surface area contributed by atoms with Gasteiger partial charge in [-0.05, 0) is 30.2 Å². The SMILES string of the molecule is CC[C@@]1(c2ccccc2)Nc2ccccc2C1=Nc1ccccc1. The van der Waals surface area contributed by atoms with Gasteiger partial charge >= 0.3 is 0 Å². The van der Waals surface area contributed by atoms with Gasteiger partial charge in [0.25, 0.3) is 0 Å². The molecule has 4 rings (SSSR count). The molecule has 0 bridgehead atoms. The third-order valence-corrected chi connectivity index (χ3v) is 4.73. The second-order valence-electron chi connectivity index (χ2n) is 6.09. The molecule has 0 amide bonds. The number of fused-ring (bicyclic) bond motifs is 1. The van der Waals surface area contributed by atoms with Gasteiger partial charge in [0.15, 0.2) is 0 Å². The van der Waals surface area contributed by atoms with Crippen LogP contribution in [0.15, 0.2) is 89.9 Å². The predicted octanol–water partition coefficient (Wildman–Crippen LogP) is 5.54. The number of rotatable bonds is 3. The highest BCUT2D eigenvalue weighted by atomic mass is 15.1. The van der Waals surface area contributed by atoms with Crippen molar-refractivity contribution in [1.29, 1.82) is 0 Å². The topological polar surface area (TPSA) is 24.4 Å². The minimum Gasteiger partial charge on any atom is -0.370 e. The molecule has 1 aliphatic heterocycles. The lowest BCUT2D eigenvalue weighted by Gasteiger charge is -2.30. The fourth-order valence-corrected chi connectivity index (χ4v) is 3.50. The van der Waals surface area contributed by atoms with Crippen molar-refractivity contribution in [2.45, 2.75) is 18.9 Å². The van der Waals surface area contributed by atoms with Gasteiger partial charge in [-0.25, -0.2) is 4.99 Å². The van der Waals surface area contributed by atoms with Crippen LogP contribution in [0, 0.1) is 0 Å². The monoisotopic (exact) mass is 312 g/mol. The molecule has 0 spiro atoms. The van der Waals surface area contributed by atoms with Gasteiger partial charge in [-0.2, -0.15) is 0 Å². The molecule has 118 valence electrons. The largest absolute Gasteiger partial charge is 0.370 e. The molecule has 1 atom stereocenters. The summed E-state index contributed by atoms with van der Waals surface area (Å²) in [6.07, 6.45) is 0.928. The summed E-state index contributed by atoms with van der Waals surface area (Å²) >= 11 is 0. The molecular formula is C22H20N2. The van der Waals surface area contributed by atoms with E-state index in [1.165, 1.54) is 11.1 Å². The first-order valence-electron chi connectivity index (χ1n) is 8.41. The number of anilines is 1. The Morgan fingerprint density at radius 3 is 2.12 bits per heavy atom. The molecule has 24 heavy (non-hydrogen) atoms. The fourth-order valence-electron chi connectivity index (χ4n) is 3.50. The minimum absolute atomic E-state index is 0.291. The van der Waals surface area contributed by atoms with E-state index >= 15 is 0 Å². The van der Waals surface area contributed by atoms with Gasteiger partial charge in [0.2, 0.25) is 0 Å². The van der Waals surface area contributed by atoms with Crippen molar-refractivity contribution in [2.24, 2.45) is 4.99 Å². The zero-order valence-electron chi connectivity index (χ0n) is 13.7. The quantitative estimate of drug-likeness (QED) is 0.675. The van der Waals surface area contributed by atoms with Gasteiger partial charge in [0.05, 0.1) is 11.4 Å². The maximum Gasteiger partial charge on any atom is 0.106 e. The van der Waals surface area contributed by atoms with Gasteiger partial charge in [0.1, 0.15) is 5.54 Å². The predicted molar refractivity (Wildman–Crippen MR) is 101 cm³/mol. The van der Waals surface area contributed by atoms with Crippen molar-refractivity contribution in [1.82, 2.24) is 0 Å². The average molecular weight is 312 g/mol. The molecule has 0 unspecified atom stereocenters. The summed E-state index contributed by atoms with van der Waals surface area (Å²) in [5, 5.41) is 3.75. The minimum atomic E-state index is -0.291. The summed E-state index contributed by atoms with van der Waals surface area (Å²) in [5.74, 6) is 0. The van der Waals surface area contributed by atoms with E-state index in [2.05, 4.69) is 79.0 Å². The number of nitrogens with zero attached hydrogens (tertiary/aromatic N) is 1. The summed E-state index contributed by atoms with van der Waals surface area (Å²) in [7, 11) is 0. The van der Waals surface area contributed by atoms with E-state index in [1.54, 1.807) is 0 Å². The number of para-hydroxylation sites is 2. The summed E-state index contributed by atoms with van der Waals surface area (Å²) in [4.78, 5) is 5.05. The van der Waals surface area contributed by atoms with E-state index in [1.807, 2.05) is 18.2 Å². The molecule has 1 N–H and O–H groups in total. The number of hydrogen-bond donors (Lipinski definition) is 1. The standard InChI is InChI=1S/C22H20N2/c1-2-22(17-11-5-3-6-12-17)21(23-18-13-7-4-8-14-18)19-15-9-10-16-20(19)24-22/h3-16,24H,2H2,1H3/t22-/m0/s1. The highest BCUT2D eigenvalue weighted by Crippen LogP contribution is 2.42. The lowest BCUT2D eigenvalue weighted by molar-refractivity contribution is 0.643. The van der Waals surface area contributed by atoms with Crippen LogP contribution in [0.25, 0.3) is 0 Å². The fraction of sp³-hybridized carbons (Fsp3) is 0.136. The van der Waals surface area contributed by atoms with Gasteiger partial charge in [-0.3, -0.25) is 0 Å². The first-order chi connectivity index (χ1) is 11.8. The van der Waals surface area contributed by atoms with Crippen LogP contribution in [0.5, 0.6) is 0 Å². The summed E-state index contributed by atoms with van der Waals surface area (Å²) in [6, 6.07) is 29.3. The lowest BCUT2D eigenvalue weighted by Crippen LogP contribution is -2.38. The van der Waals surface area contributed by atoms with Crippen LogP contribution < -0.4 is 5.32 Å².